The maximum Gasteiger partial charge on any atom is 0.159 e. The fourth-order valence-electron chi connectivity index (χ4n) is 1.78. The molecule has 3 nitrogen and oxygen atoms in total. The third-order valence-corrected chi connectivity index (χ3v) is 4.92. The van der Waals surface area contributed by atoms with Crippen LogP contribution in [0.4, 0.5) is 0 Å². The summed E-state index contributed by atoms with van der Waals surface area (Å²) in [6, 6.07) is 16.9. The van der Waals surface area contributed by atoms with Gasteiger partial charge in [0.05, 0.1) is 10.8 Å². The van der Waals surface area contributed by atoms with Crippen molar-refractivity contribution in [1.29, 1.82) is 0 Å². The van der Waals surface area contributed by atoms with Crippen molar-refractivity contribution >= 4 is 16.6 Å². The van der Waals surface area contributed by atoms with Crippen LogP contribution >= 0.6 is 0 Å². The van der Waals surface area contributed by atoms with Gasteiger partial charge >= 0.3 is 0 Å². The van der Waals surface area contributed by atoms with Crippen molar-refractivity contribution in [2.75, 3.05) is 0 Å². The molecule has 2 rings (SSSR count). The van der Waals surface area contributed by atoms with E-state index in [2.05, 4.69) is 0 Å². The molecule has 0 amide bonds. The molecular weight excluding hydrogens is 306 g/mol. The highest BCUT2D eigenvalue weighted by Gasteiger charge is 2.20. The van der Waals surface area contributed by atoms with Crippen LogP contribution in [0.5, 0.6) is 0 Å². The smallest absolute Gasteiger partial charge is 0.159 e. The molecule has 1 unspecified atom stereocenters. The van der Waals surface area contributed by atoms with Crippen LogP contribution in [0.2, 0.25) is 0 Å². The van der Waals surface area contributed by atoms with E-state index >= 15 is 0 Å². The van der Waals surface area contributed by atoms with Gasteiger partial charge in [0, 0.05) is 21.8 Å². The van der Waals surface area contributed by atoms with Crippen LogP contribution in [0.15, 0.2) is 59.5 Å². The highest BCUT2D eigenvalue weighted by molar-refractivity contribution is 7.86. The Bertz CT molecular complexity index is 643. The minimum Gasteiger partial charge on any atom is -0.326 e. The molecule has 23 heavy (non-hydrogen) atoms. The number of benzene rings is 2. The molecule has 0 fully saturated rings. The van der Waals surface area contributed by atoms with Gasteiger partial charge in [0.1, 0.15) is 0 Å². The quantitative estimate of drug-likeness (QED) is 0.867. The SMILES string of the molecule is CC(=O)c1ccccc1.CC(C)(C)S(=O)c1ccc(CN)cc1. The Morgan fingerprint density at radius 3 is 1.87 bits per heavy atom. The van der Waals surface area contributed by atoms with E-state index in [4.69, 9.17) is 5.73 Å². The van der Waals surface area contributed by atoms with E-state index in [1.165, 1.54) is 0 Å². The zero-order valence-corrected chi connectivity index (χ0v) is 15.0. The number of nitrogens with two attached hydrogens (primary N) is 1. The number of hydrogen-bond donors (Lipinski definition) is 1. The van der Waals surface area contributed by atoms with Gasteiger partial charge in [-0.1, -0.05) is 42.5 Å². The molecule has 0 saturated heterocycles. The van der Waals surface area contributed by atoms with Crippen LogP contribution < -0.4 is 5.73 Å². The van der Waals surface area contributed by atoms with Gasteiger partial charge < -0.3 is 5.73 Å². The highest BCUT2D eigenvalue weighted by atomic mass is 32.2. The molecule has 0 aromatic heterocycles. The van der Waals surface area contributed by atoms with Crippen molar-refractivity contribution in [3.63, 3.8) is 0 Å². The third kappa shape index (κ3) is 6.47. The van der Waals surface area contributed by atoms with Gasteiger partial charge in [-0.15, -0.1) is 0 Å². The fraction of sp³-hybridized carbons (Fsp3) is 0.316. The van der Waals surface area contributed by atoms with Crippen LogP contribution in [0.3, 0.4) is 0 Å². The first-order chi connectivity index (χ1) is 10.8. The predicted octanol–water partition coefficient (Wildman–Crippen LogP) is 3.94. The second kappa shape index (κ2) is 8.75. The van der Waals surface area contributed by atoms with E-state index in [1.807, 2.05) is 75.4 Å². The van der Waals surface area contributed by atoms with Crippen LogP contribution in [0.1, 0.15) is 43.6 Å². The molecule has 0 aliphatic carbocycles. The van der Waals surface area contributed by atoms with Gasteiger partial charge in [-0.05, 0) is 45.4 Å². The van der Waals surface area contributed by atoms with Gasteiger partial charge in [0.15, 0.2) is 5.78 Å². The molecule has 0 aliphatic rings. The summed E-state index contributed by atoms with van der Waals surface area (Å²) in [5.74, 6) is 0.121. The van der Waals surface area contributed by atoms with Gasteiger partial charge in [0.2, 0.25) is 0 Å². The molecule has 124 valence electrons. The summed E-state index contributed by atoms with van der Waals surface area (Å²) in [6.45, 7) is 8.01. The third-order valence-electron chi connectivity index (χ3n) is 3.11. The number of ketones is 1. The first kappa shape index (κ1) is 19.3. The van der Waals surface area contributed by atoms with Gasteiger partial charge in [-0.25, -0.2) is 0 Å². The van der Waals surface area contributed by atoms with E-state index in [9.17, 15) is 9.00 Å². The molecular formula is C19H25NO2S. The van der Waals surface area contributed by atoms with Crippen LogP contribution in [0, 0.1) is 0 Å². The molecule has 4 heteroatoms. The maximum absolute atomic E-state index is 11.9. The summed E-state index contributed by atoms with van der Waals surface area (Å²) >= 11 is 0. The molecule has 0 bridgehead atoms. The molecule has 0 heterocycles. The Hall–Kier alpha value is -1.78. The van der Waals surface area contributed by atoms with E-state index in [1.54, 1.807) is 6.92 Å². The summed E-state index contributed by atoms with van der Waals surface area (Å²) in [5.41, 5.74) is 7.33. The molecule has 0 aliphatic heterocycles. The minimum atomic E-state index is -0.952. The number of hydrogen-bond acceptors (Lipinski definition) is 3. The summed E-state index contributed by atoms with van der Waals surface area (Å²) in [4.78, 5) is 11.5. The normalized spacial score (nSPS) is 12.0. The minimum absolute atomic E-state index is 0.121. The van der Waals surface area contributed by atoms with Gasteiger partial charge in [-0.3, -0.25) is 9.00 Å². The average molecular weight is 331 g/mol. The summed E-state index contributed by atoms with van der Waals surface area (Å²) in [7, 11) is -0.952. The highest BCUT2D eigenvalue weighted by Crippen LogP contribution is 2.20. The fourth-order valence-corrected chi connectivity index (χ4v) is 2.87. The lowest BCUT2D eigenvalue weighted by atomic mass is 10.2. The van der Waals surface area contributed by atoms with Gasteiger partial charge in [0.25, 0.3) is 0 Å². The number of carbonyl (C=O) groups excluding carboxylic acids is 1. The molecule has 2 aromatic rings. The monoisotopic (exact) mass is 331 g/mol. The van der Waals surface area contributed by atoms with Gasteiger partial charge in [-0.2, -0.15) is 0 Å². The van der Waals surface area contributed by atoms with Crippen LogP contribution in [0.25, 0.3) is 0 Å². The zero-order valence-electron chi connectivity index (χ0n) is 14.2. The predicted molar refractivity (Wildman–Crippen MR) is 96.9 cm³/mol. The Kier molecular flexibility index (Phi) is 7.33. The van der Waals surface area contributed by atoms with Crippen molar-refractivity contribution in [1.82, 2.24) is 0 Å². The van der Waals surface area contributed by atoms with E-state index in [0.29, 0.717) is 6.54 Å². The second-order valence-corrected chi connectivity index (χ2v) is 8.38. The number of Topliss-reactive ketones (excluding diaryl/α,β-unsaturated/α-hetero) is 1. The van der Waals surface area contributed by atoms with Crippen molar-refractivity contribution in [2.45, 2.75) is 43.9 Å². The van der Waals surface area contributed by atoms with Crippen molar-refractivity contribution in [2.24, 2.45) is 5.73 Å². The Balaban J connectivity index is 0.000000253. The van der Waals surface area contributed by atoms with Crippen LogP contribution in [-0.4, -0.2) is 14.7 Å². The molecule has 0 saturated carbocycles. The lowest BCUT2D eigenvalue weighted by molar-refractivity contribution is 0.101. The average Bonchev–Trinajstić information content (AvgIpc) is 2.55. The summed E-state index contributed by atoms with van der Waals surface area (Å²) in [6.07, 6.45) is 0. The summed E-state index contributed by atoms with van der Waals surface area (Å²) < 4.78 is 11.7. The van der Waals surface area contributed by atoms with Crippen molar-refractivity contribution in [3.05, 3.63) is 65.7 Å². The first-order valence-electron chi connectivity index (χ1n) is 7.52. The lowest BCUT2D eigenvalue weighted by Gasteiger charge is -2.17. The number of carbonyl (C=O) groups is 1. The largest absolute Gasteiger partial charge is 0.326 e. The standard InChI is InChI=1S/C11H17NOS.C8H8O/c1-11(2,3)14(13)10-6-4-9(8-12)5-7-10;1-7(9)8-5-3-2-4-6-8/h4-7H,8,12H2,1-3H3;2-6H,1H3. The van der Waals surface area contributed by atoms with Crippen molar-refractivity contribution < 1.29 is 9.00 Å². The topological polar surface area (TPSA) is 60.2 Å². The molecule has 2 N–H and O–H groups in total. The summed E-state index contributed by atoms with van der Waals surface area (Å²) in [5, 5.41) is 0. The zero-order chi connectivity index (χ0) is 17.5. The van der Waals surface area contributed by atoms with E-state index in [0.717, 1.165) is 16.0 Å². The Morgan fingerprint density at radius 1 is 1.00 bits per heavy atom. The molecule has 2 aromatic carbocycles. The molecule has 0 spiro atoms. The van der Waals surface area contributed by atoms with E-state index < -0.39 is 10.8 Å². The second-order valence-electron chi connectivity index (χ2n) is 6.15. The Labute approximate surface area is 141 Å². The number of rotatable bonds is 3. The molecule has 0 radical (unpaired) electrons. The lowest BCUT2D eigenvalue weighted by Crippen LogP contribution is -2.21. The van der Waals surface area contributed by atoms with Crippen molar-refractivity contribution in [3.8, 4) is 0 Å². The van der Waals surface area contributed by atoms with E-state index in [-0.39, 0.29) is 10.5 Å². The molecule has 1 atom stereocenters. The first-order valence-corrected chi connectivity index (χ1v) is 8.67. The Morgan fingerprint density at radius 2 is 1.52 bits per heavy atom. The van der Waals surface area contributed by atoms with Crippen LogP contribution in [-0.2, 0) is 17.3 Å². The maximum atomic E-state index is 11.9.